The van der Waals surface area contributed by atoms with Crippen LogP contribution in [0.5, 0.6) is 11.8 Å². The van der Waals surface area contributed by atoms with E-state index in [1.807, 2.05) is 0 Å². The second-order valence-electron chi connectivity index (χ2n) is 7.40. The summed E-state index contributed by atoms with van der Waals surface area (Å²) in [6.07, 6.45) is 1.63. The van der Waals surface area contributed by atoms with Crippen molar-refractivity contribution in [2.24, 2.45) is 5.73 Å². The molecule has 1 amide bonds. The highest BCUT2D eigenvalue weighted by atomic mass is 16.5. The number of hydrogen-bond acceptors (Lipinski definition) is 7. The van der Waals surface area contributed by atoms with Crippen LogP contribution in [0.15, 0.2) is 41.7 Å². The van der Waals surface area contributed by atoms with Gasteiger partial charge in [-0.1, -0.05) is 24.1 Å². The molecule has 0 radical (unpaired) electrons. The van der Waals surface area contributed by atoms with Crippen molar-refractivity contribution in [2.45, 2.75) is 20.0 Å². The molecule has 10 nitrogen and oxygen atoms in total. The quantitative estimate of drug-likeness (QED) is 0.411. The Morgan fingerprint density at radius 1 is 1.27 bits per heavy atom. The Kier molecular flexibility index (Phi) is 6.42. The molecule has 0 bridgehead atoms. The van der Waals surface area contributed by atoms with Crippen molar-refractivity contribution in [3.8, 4) is 23.6 Å². The Morgan fingerprint density at radius 2 is 2.03 bits per heavy atom. The van der Waals surface area contributed by atoms with Crippen LogP contribution >= 0.6 is 0 Å². The molecule has 0 saturated carbocycles. The molecule has 3 N–H and O–H groups in total. The van der Waals surface area contributed by atoms with E-state index in [1.54, 1.807) is 41.8 Å². The minimum absolute atomic E-state index is 0.0151. The topological polar surface area (TPSA) is 120 Å². The van der Waals surface area contributed by atoms with Crippen LogP contribution in [0, 0.1) is 11.8 Å². The van der Waals surface area contributed by atoms with E-state index < -0.39 is 5.91 Å². The summed E-state index contributed by atoms with van der Waals surface area (Å²) in [5.41, 5.74) is 6.44. The van der Waals surface area contributed by atoms with E-state index in [-0.39, 0.29) is 36.1 Å². The lowest BCUT2D eigenvalue weighted by Crippen LogP contribution is -2.44. The molecule has 1 aromatic carbocycles. The van der Waals surface area contributed by atoms with Gasteiger partial charge in [0.25, 0.3) is 5.91 Å². The van der Waals surface area contributed by atoms with Crippen molar-refractivity contribution in [3.63, 3.8) is 0 Å². The number of carbonyl (C=O) groups is 1. The van der Waals surface area contributed by atoms with Gasteiger partial charge < -0.3 is 20.7 Å². The number of benzene rings is 1. The number of nitrogens with two attached hydrogens (primary N) is 1. The average Bonchev–Trinajstić information content (AvgIpc) is 3.09. The maximum absolute atomic E-state index is 13.2. The van der Waals surface area contributed by atoms with Gasteiger partial charge in [-0.3, -0.25) is 13.9 Å². The summed E-state index contributed by atoms with van der Waals surface area (Å²) in [7, 11) is 0. The molecule has 0 unspecified atom stereocenters. The summed E-state index contributed by atoms with van der Waals surface area (Å²) in [6, 6.07) is 6.63. The van der Waals surface area contributed by atoms with Crippen molar-refractivity contribution in [3.05, 3.63) is 53.0 Å². The molecule has 1 aliphatic heterocycles. The van der Waals surface area contributed by atoms with Gasteiger partial charge in [0.1, 0.15) is 11.3 Å². The Balaban J connectivity index is 1.95. The number of rotatable bonds is 7. The predicted octanol–water partition coefficient (Wildman–Crippen LogP) is 1.10. The number of para-hydroxylation sites is 1. The first kappa shape index (κ1) is 22.1. The third-order valence-electron chi connectivity index (χ3n) is 5.31. The molecule has 170 valence electrons. The molecular weight excluding hydrogens is 422 g/mol. The highest BCUT2D eigenvalue weighted by Gasteiger charge is 2.25. The van der Waals surface area contributed by atoms with E-state index in [9.17, 15) is 9.59 Å². The molecule has 4 rings (SSSR count). The van der Waals surface area contributed by atoms with Crippen LogP contribution in [-0.2, 0) is 13.1 Å². The van der Waals surface area contributed by atoms with Crippen LogP contribution in [-0.4, -0.2) is 51.2 Å². The first-order chi connectivity index (χ1) is 16.0. The van der Waals surface area contributed by atoms with Gasteiger partial charge in [0.15, 0.2) is 11.5 Å². The first-order valence-electron chi connectivity index (χ1n) is 10.6. The third kappa shape index (κ3) is 4.31. The maximum Gasteiger partial charge on any atom is 0.331 e. The monoisotopic (exact) mass is 447 g/mol. The van der Waals surface area contributed by atoms with Crippen LogP contribution in [0.25, 0.3) is 11.2 Å². The fourth-order valence-electron chi connectivity index (χ4n) is 3.77. The number of hydrogen-bond donors (Lipinski definition) is 2. The van der Waals surface area contributed by atoms with Gasteiger partial charge in [-0.05, 0) is 19.1 Å². The normalized spacial score (nSPS) is 13.4. The van der Waals surface area contributed by atoms with E-state index >= 15 is 0 Å². The summed E-state index contributed by atoms with van der Waals surface area (Å²) in [5, 5.41) is 3.32. The van der Waals surface area contributed by atoms with E-state index in [4.69, 9.17) is 10.5 Å². The molecule has 3 aromatic rings. The van der Waals surface area contributed by atoms with Gasteiger partial charge in [0, 0.05) is 32.7 Å². The number of carbonyl (C=O) groups excluding carboxylic acids is 1. The van der Waals surface area contributed by atoms with E-state index in [2.05, 4.69) is 38.6 Å². The number of imidazole rings is 1. The lowest BCUT2D eigenvalue weighted by atomic mass is 10.2. The number of anilines is 1. The SMILES string of the molecule is C=CCn1c(=O)n(CC#CC)c2c(N3CCNCC3)nc(Oc3ccccc3C(N)=O)nc21. The van der Waals surface area contributed by atoms with Crippen LogP contribution in [0.2, 0.25) is 0 Å². The lowest BCUT2D eigenvalue weighted by molar-refractivity contribution is 0.0998. The summed E-state index contributed by atoms with van der Waals surface area (Å²) < 4.78 is 9.02. The Labute approximate surface area is 190 Å². The smallest absolute Gasteiger partial charge is 0.331 e. The zero-order chi connectivity index (χ0) is 23.4. The molecule has 0 atom stereocenters. The Bertz CT molecular complexity index is 1320. The maximum atomic E-state index is 13.2. The largest absolute Gasteiger partial charge is 0.423 e. The molecule has 1 aliphatic rings. The van der Waals surface area contributed by atoms with Gasteiger partial charge in [0.2, 0.25) is 0 Å². The van der Waals surface area contributed by atoms with Crippen molar-refractivity contribution < 1.29 is 9.53 Å². The third-order valence-corrected chi connectivity index (χ3v) is 5.31. The second-order valence-corrected chi connectivity index (χ2v) is 7.40. The standard InChI is InChI=1S/C23H25N7O3/c1-3-5-13-29-18-20(28-14-10-25-11-15-28)26-22(27-21(18)30(12-4-2)23(29)32)33-17-9-7-6-8-16(17)19(24)31/h4,6-9,25H,2,10-15H2,1H3,(H2,24,31). The number of allylic oxidation sites excluding steroid dienone is 1. The van der Waals surface area contributed by atoms with Crippen molar-refractivity contribution in [2.75, 3.05) is 31.1 Å². The van der Waals surface area contributed by atoms with E-state index in [0.717, 1.165) is 13.1 Å². The van der Waals surface area contributed by atoms with Crippen molar-refractivity contribution >= 4 is 22.9 Å². The van der Waals surface area contributed by atoms with Gasteiger partial charge in [-0.2, -0.15) is 9.97 Å². The number of ether oxygens (including phenoxy) is 1. The average molecular weight is 447 g/mol. The minimum atomic E-state index is -0.623. The Hall–Kier alpha value is -4.10. The van der Waals surface area contributed by atoms with Crippen LogP contribution in [0.3, 0.4) is 0 Å². The predicted molar refractivity (Wildman–Crippen MR) is 126 cm³/mol. The molecule has 1 saturated heterocycles. The number of aromatic nitrogens is 4. The van der Waals surface area contributed by atoms with Crippen LogP contribution < -0.4 is 26.4 Å². The molecule has 2 aromatic heterocycles. The second kappa shape index (κ2) is 9.58. The number of fused-ring (bicyclic) bond motifs is 1. The first-order valence-corrected chi connectivity index (χ1v) is 10.6. The number of amides is 1. The van der Waals surface area contributed by atoms with Crippen LogP contribution in [0.4, 0.5) is 5.82 Å². The molecule has 3 heterocycles. The fourth-order valence-corrected chi connectivity index (χ4v) is 3.77. The number of primary amides is 1. The zero-order valence-electron chi connectivity index (χ0n) is 18.4. The summed E-state index contributed by atoms with van der Waals surface area (Å²) in [4.78, 5) is 36.4. The van der Waals surface area contributed by atoms with E-state index in [1.165, 1.54) is 4.57 Å². The summed E-state index contributed by atoms with van der Waals surface area (Å²) in [5.74, 6) is 5.99. The number of piperazine rings is 1. The summed E-state index contributed by atoms with van der Waals surface area (Å²) in [6.45, 7) is 8.91. The zero-order valence-corrected chi connectivity index (χ0v) is 18.4. The van der Waals surface area contributed by atoms with Crippen molar-refractivity contribution in [1.82, 2.24) is 24.4 Å². The lowest BCUT2D eigenvalue weighted by Gasteiger charge is -2.29. The molecule has 1 fully saturated rings. The van der Waals surface area contributed by atoms with Crippen LogP contribution in [0.1, 0.15) is 17.3 Å². The molecular formula is C23H25N7O3. The highest BCUT2D eigenvalue weighted by molar-refractivity contribution is 5.95. The van der Waals surface area contributed by atoms with E-state index in [0.29, 0.717) is 30.1 Å². The van der Waals surface area contributed by atoms with Gasteiger partial charge >= 0.3 is 11.7 Å². The highest BCUT2D eigenvalue weighted by Crippen LogP contribution is 2.29. The molecule has 10 heteroatoms. The molecule has 0 spiro atoms. The summed E-state index contributed by atoms with van der Waals surface area (Å²) >= 11 is 0. The van der Waals surface area contributed by atoms with Crippen molar-refractivity contribution in [1.29, 1.82) is 0 Å². The molecule has 0 aliphatic carbocycles. The van der Waals surface area contributed by atoms with Gasteiger partial charge in [-0.25, -0.2) is 4.79 Å². The molecule has 33 heavy (non-hydrogen) atoms. The van der Waals surface area contributed by atoms with Gasteiger partial charge in [0.05, 0.1) is 12.1 Å². The van der Waals surface area contributed by atoms with Gasteiger partial charge in [-0.15, -0.1) is 12.5 Å². The number of nitrogens with zero attached hydrogens (tertiary/aromatic N) is 5. The Morgan fingerprint density at radius 3 is 2.73 bits per heavy atom. The fraction of sp³-hybridized carbons (Fsp3) is 0.304. The number of nitrogens with one attached hydrogen (secondary N) is 1. The minimum Gasteiger partial charge on any atom is -0.423 e.